The molecule has 12 heteroatoms. The maximum atomic E-state index is 12.4. The van der Waals surface area contributed by atoms with E-state index in [9.17, 15) is 4.79 Å². The molecule has 0 radical (unpaired) electrons. The molecule has 10 nitrogen and oxygen atoms in total. The number of thioether (sulfide) groups is 1. The van der Waals surface area contributed by atoms with E-state index in [1.54, 1.807) is 16.8 Å². The summed E-state index contributed by atoms with van der Waals surface area (Å²) in [5.41, 5.74) is 2.16. The van der Waals surface area contributed by atoms with Gasteiger partial charge in [-0.3, -0.25) is 4.79 Å². The summed E-state index contributed by atoms with van der Waals surface area (Å²) < 4.78 is 13.3. The number of nitrogens with two attached hydrogens (primary N) is 1. The second-order valence-corrected chi connectivity index (χ2v) is 7.37. The van der Waals surface area contributed by atoms with E-state index in [4.69, 9.17) is 26.9 Å². The molecule has 2 heterocycles. The fraction of sp³-hybridized carbons (Fsp3) is 0.294. The van der Waals surface area contributed by atoms with Crippen LogP contribution < -0.4 is 20.6 Å². The summed E-state index contributed by atoms with van der Waals surface area (Å²) in [4.78, 5) is 12.4. The van der Waals surface area contributed by atoms with Crippen molar-refractivity contribution in [1.82, 2.24) is 24.7 Å². The molecule has 2 aromatic heterocycles. The van der Waals surface area contributed by atoms with Crippen molar-refractivity contribution in [3.8, 4) is 17.4 Å². The van der Waals surface area contributed by atoms with Crippen LogP contribution in [0.3, 0.4) is 0 Å². The number of methoxy groups -OCH3 is 2. The van der Waals surface area contributed by atoms with Crippen LogP contribution in [0, 0.1) is 13.8 Å². The molecule has 0 unspecified atom stereocenters. The van der Waals surface area contributed by atoms with Crippen LogP contribution in [0.2, 0.25) is 5.02 Å². The van der Waals surface area contributed by atoms with Gasteiger partial charge in [0.15, 0.2) is 0 Å². The second-order valence-electron chi connectivity index (χ2n) is 6.02. The molecule has 0 spiro atoms. The SMILES string of the molecule is COc1cc(NC(=O)CSc2nnc(-n3nc(C)cc3C)n2N)c(OC)cc1Cl. The highest BCUT2D eigenvalue weighted by Gasteiger charge is 2.17. The third kappa shape index (κ3) is 4.40. The fourth-order valence-corrected chi connectivity index (χ4v) is 3.50. The van der Waals surface area contributed by atoms with E-state index in [1.165, 1.54) is 18.9 Å². The van der Waals surface area contributed by atoms with Gasteiger partial charge in [-0.25, -0.2) is 9.36 Å². The highest BCUT2D eigenvalue weighted by Crippen LogP contribution is 2.36. The average molecular weight is 438 g/mol. The Morgan fingerprint density at radius 3 is 2.55 bits per heavy atom. The molecule has 0 bridgehead atoms. The van der Waals surface area contributed by atoms with Crippen LogP contribution in [-0.4, -0.2) is 50.5 Å². The number of carbonyl (C=O) groups excluding carboxylic acids is 1. The van der Waals surface area contributed by atoms with Gasteiger partial charge in [-0.1, -0.05) is 23.4 Å². The summed E-state index contributed by atoms with van der Waals surface area (Å²) in [6.45, 7) is 3.77. The van der Waals surface area contributed by atoms with E-state index < -0.39 is 0 Å². The lowest BCUT2D eigenvalue weighted by Gasteiger charge is -2.13. The average Bonchev–Trinajstić information content (AvgIpc) is 3.21. The molecule has 1 amide bonds. The summed E-state index contributed by atoms with van der Waals surface area (Å²) in [6.07, 6.45) is 0. The van der Waals surface area contributed by atoms with Crippen LogP contribution in [-0.2, 0) is 4.79 Å². The minimum Gasteiger partial charge on any atom is -0.495 e. The van der Waals surface area contributed by atoms with Crippen molar-refractivity contribution < 1.29 is 14.3 Å². The second kappa shape index (κ2) is 8.62. The van der Waals surface area contributed by atoms with Gasteiger partial charge in [-0.15, -0.1) is 10.2 Å². The van der Waals surface area contributed by atoms with Crippen molar-refractivity contribution in [1.29, 1.82) is 0 Å². The Morgan fingerprint density at radius 2 is 1.93 bits per heavy atom. The van der Waals surface area contributed by atoms with Crippen LogP contribution >= 0.6 is 23.4 Å². The predicted molar refractivity (Wildman–Crippen MR) is 111 cm³/mol. The molecule has 0 saturated heterocycles. The monoisotopic (exact) mass is 437 g/mol. The summed E-state index contributed by atoms with van der Waals surface area (Å²) in [7, 11) is 2.98. The van der Waals surface area contributed by atoms with Crippen molar-refractivity contribution in [2.75, 3.05) is 31.1 Å². The van der Waals surface area contributed by atoms with Crippen LogP contribution in [0.25, 0.3) is 5.95 Å². The van der Waals surface area contributed by atoms with Crippen LogP contribution in [0.5, 0.6) is 11.5 Å². The molecule has 0 aliphatic heterocycles. The van der Waals surface area contributed by atoms with E-state index in [1.807, 2.05) is 19.9 Å². The number of amides is 1. The van der Waals surface area contributed by atoms with Gasteiger partial charge in [0.05, 0.1) is 36.4 Å². The summed E-state index contributed by atoms with van der Waals surface area (Å²) >= 11 is 7.22. The minimum atomic E-state index is -0.284. The first kappa shape index (κ1) is 20.8. The molecule has 0 atom stereocenters. The van der Waals surface area contributed by atoms with Crippen LogP contribution in [0.1, 0.15) is 11.4 Å². The Kier molecular flexibility index (Phi) is 6.18. The third-order valence-electron chi connectivity index (χ3n) is 3.93. The van der Waals surface area contributed by atoms with Crippen molar-refractivity contribution in [3.63, 3.8) is 0 Å². The molecule has 3 aromatic rings. The zero-order valence-corrected chi connectivity index (χ0v) is 17.8. The molecule has 0 aliphatic carbocycles. The third-order valence-corrected chi connectivity index (χ3v) is 5.16. The van der Waals surface area contributed by atoms with Gasteiger partial charge in [0.25, 0.3) is 5.95 Å². The molecule has 29 heavy (non-hydrogen) atoms. The number of nitrogens with one attached hydrogen (secondary N) is 1. The number of ether oxygens (including phenoxy) is 2. The number of benzene rings is 1. The van der Waals surface area contributed by atoms with Crippen molar-refractivity contribution in [3.05, 3.63) is 34.6 Å². The largest absolute Gasteiger partial charge is 0.495 e. The molecule has 0 saturated carbocycles. The topological polar surface area (TPSA) is 122 Å². The molecule has 0 fully saturated rings. The van der Waals surface area contributed by atoms with Gasteiger partial charge in [-0.05, 0) is 19.9 Å². The number of anilines is 1. The Bertz CT molecular complexity index is 1050. The number of hydrogen-bond acceptors (Lipinski definition) is 8. The van der Waals surface area contributed by atoms with Gasteiger partial charge in [0.1, 0.15) is 11.5 Å². The summed E-state index contributed by atoms with van der Waals surface area (Å²) in [6, 6.07) is 5.07. The zero-order chi connectivity index (χ0) is 21.1. The van der Waals surface area contributed by atoms with Crippen molar-refractivity contribution >= 4 is 35.0 Å². The van der Waals surface area contributed by atoms with E-state index in [2.05, 4.69) is 20.6 Å². The highest BCUT2D eigenvalue weighted by atomic mass is 35.5. The predicted octanol–water partition coefficient (Wildman–Crippen LogP) is 2.20. The van der Waals surface area contributed by atoms with Gasteiger partial charge >= 0.3 is 0 Å². The highest BCUT2D eigenvalue weighted by molar-refractivity contribution is 7.99. The first-order chi connectivity index (χ1) is 13.8. The fourth-order valence-electron chi connectivity index (χ4n) is 2.62. The Labute approximate surface area is 176 Å². The number of carbonyl (C=O) groups is 1. The number of aromatic nitrogens is 5. The first-order valence-corrected chi connectivity index (χ1v) is 9.78. The number of halogens is 1. The normalized spacial score (nSPS) is 10.8. The van der Waals surface area contributed by atoms with E-state index in [0.717, 1.165) is 23.1 Å². The lowest BCUT2D eigenvalue weighted by molar-refractivity contribution is -0.113. The number of nitrogens with zero attached hydrogens (tertiary/aromatic N) is 5. The smallest absolute Gasteiger partial charge is 0.271 e. The quantitative estimate of drug-likeness (QED) is 0.426. The standard InChI is InChI=1S/C17H20ClN7O3S/c1-9-5-10(2)25(23-9)16-21-22-17(24(16)19)29-8-15(26)20-12-7-13(27-3)11(18)6-14(12)28-4/h5-7H,8,19H2,1-4H3,(H,20,26). The Morgan fingerprint density at radius 1 is 1.21 bits per heavy atom. The maximum absolute atomic E-state index is 12.4. The van der Waals surface area contributed by atoms with Crippen LogP contribution in [0.4, 0.5) is 5.69 Å². The number of nitrogen functional groups attached to an aromatic ring is 1. The first-order valence-electron chi connectivity index (χ1n) is 8.42. The summed E-state index contributed by atoms with van der Waals surface area (Å²) in [5, 5.41) is 16.0. The molecule has 1 aromatic carbocycles. The number of hydrogen-bond donors (Lipinski definition) is 2. The minimum absolute atomic E-state index is 0.0561. The molecular formula is C17H20ClN7O3S. The lowest BCUT2D eigenvalue weighted by atomic mass is 10.2. The lowest BCUT2D eigenvalue weighted by Crippen LogP contribution is -2.19. The Hall–Kier alpha value is -2.92. The molecular weight excluding hydrogens is 418 g/mol. The number of rotatable bonds is 7. The van der Waals surface area contributed by atoms with Gasteiger partial charge in [-0.2, -0.15) is 5.10 Å². The van der Waals surface area contributed by atoms with E-state index in [0.29, 0.717) is 33.3 Å². The zero-order valence-electron chi connectivity index (χ0n) is 16.3. The molecule has 154 valence electrons. The maximum Gasteiger partial charge on any atom is 0.271 e. The molecule has 0 aliphatic rings. The van der Waals surface area contributed by atoms with Crippen LogP contribution in [0.15, 0.2) is 23.4 Å². The molecule has 3 rings (SSSR count). The Balaban J connectivity index is 1.70. The van der Waals surface area contributed by atoms with Crippen molar-refractivity contribution in [2.24, 2.45) is 0 Å². The van der Waals surface area contributed by atoms with Gasteiger partial charge < -0.3 is 20.6 Å². The van der Waals surface area contributed by atoms with E-state index in [-0.39, 0.29) is 11.7 Å². The number of aryl methyl sites for hydroxylation is 2. The van der Waals surface area contributed by atoms with Gasteiger partial charge in [0.2, 0.25) is 11.1 Å². The van der Waals surface area contributed by atoms with Gasteiger partial charge in [0, 0.05) is 17.8 Å². The molecule has 3 N–H and O–H groups in total. The summed E-state index contributed by atoms with van der Waals surface area (Å²) in [5.74, 6) is 7.06. The van der Waals surface area contributed by atoms with Crippen molar-refractivity contribution in [2.45, 2.75) is 19.0 Å². The van der Waals surface area contributed by atoms with E-state index >= 15 is 0 Å².